The number of aromatic amines is 1. The molecule has 1 N–H and O–H groups in total. The predicted molar refractivity (Wildman–Crippen MR) is 92.6 cm³/mol. The molecule has 4 rings (SSSR count). The summed E-state index contributed by atoms with van der Waals surface area (Å²) in [6, 6.07) is 7.19. The van der Waals surface area contributed by atoms with Crippen molar-refractivity contribution in [1.29, 1.82) is 0 Å². The molecule has 0 spiro atoms. The molecule has 1 fully saturated rings. The second-order valence-corrected chi connectivity index (χ2v) is 7.50. The number of nitrogens with one attached hydrogen (secondary N) is 1. The third-order valence-corrected chi connectivity index (χ3v) is 5.77. The average Bonchev–Trinajstić information content (AvgIpc) is 2.93. The van der Waals surface area contributed by atoms with Gasteiger partial charge in [-0.2, -0.15) is 0 Å². The van der Waals surface area contributed by atoms with Crippen LogP contribution in [0.1, 0.15) is 29.9 Å². The number of carbonyl (C=O) groups is 1. The van der Waals surface area contributed by atoms with Gasteiger partial charge in [0.15, 0.2) is 0 Å². The molecule has 2 aliphatic rings. The summed E-state index contributed by atoms with van der Waals surface area (Å²) in [6.07, 6.45) is 5.08. The summed E-state index contributed by atoms with van der Waals surface area (Å²) in [7, 11) is 5.93. The Bertz CT molecular complexity index is 748. The Morgan fingerprint density at radius 3 is 3.00 bits per heavy atom. The highest BCUT2D eigenvalue weighted by Crippen LogP contribution is 2.44. The van der Waals surface area contributed by atoms with Crippen LogP contribution in [0.3, 0.4) is 0 Å². The number of H-pyrrole nitrogens is 1. The highest BCUT2D eigenvalue weighted by Gasteiger charge is 2.39. The Morgan fingerprint density at radius 2 is 2.22 bits per heavy atom. The van der Waals surface area contributed by atoms with Gasteiger partial charge in [0.25, 0.3) is 0 Å². The van der Waals surface area contributed by atoms with Crippen molar-refractivity contribution in [3.8, 4) is 0 Å². The fraction of sp³-hybridized carbons (Fsp3) is 0.526. The van der Waals surface area contributed by atoms with Crippen LogP contribution in [-0.2, 0) is 11.2 Å². The molecule has 1 amide bonds. The van der Waals surface area contributed by atoms with Gasteiger partial charge in [-0.05, 0) is 43.0 Å². The van der Waals surface area contributed by atoms with Gasteiger partial charge in [-0.25, -0.2) is 0 Å². The molecule has 1 aromatic carbocycles. The van der Waals surface area contributed by atoms with Crippen LogP contribution >= 0.6 is 0 Å². The van der Waals surface area contributed by atoms with Crippen LogP contribution in [0, 0.1) is 5.92 Å². The van der Waals surface area contributed by atoms with Crippen molar-refractivity contribution in [3.05, 3.63) is 35.5 Å². The van der Waals surface area contributed by atoms with Crippen molar-refractivity contribution in [2.75, 3.05) is 27.7 Å². The number of carbonyl (C=O) groups excluding carboxylic acids is 1. The number of likely N-dealkylation sites (N-methyl/N-ethyl adjacent to an activating group) is 1. The first-order valence-electron chi connectivity index (χ1n) is 8.54. The number of hydrogen-bond acceptors (Lipinski definition) is 2. The summed E-state index contributed by atoms with van der Waals surface area (Å²) in [4.78, 5) is 19.8. The highest BCUT2D eigenvalue weighted by molar-refractivity contribution is 5.88. The molecule has 1 aliphatic carbocycles. The predicted octanol–water partition coefficient (Wildman–Crippen LogP) is 2.61. The van der Waals surface area contributed by atoms with Crippen LogP contribution in [0.15, 0.2) is 24.4 Å². The molecule has 0 radical (unpaired) electrons. The molecule has 0 saturated carbocycles. The normalized spacial score (nSPS) is 27.0. The van der Waals surface area contributed by atoms with Crippen LogP contribution < -0.4 is 0 Å². The first kappa shape index (κ1) is 14.8. The van der Waals surface area contributed by atoms with Crippen LogP contribution in [0.4, 0.5) is 0 Å². The summed E-state index contributed by atoms with van der Waals surface area (Å²) >= 11 is 0. The van der Waals surface area contributed by atoms with Crippen molar-refractivity contribution >= 4 is 16.8 Å². The van der Waals surface area contributed by atoms with Crippen LogP contribution in [0.2, 0.25) is 0 Å². The van der Waals surface area contributed by atoms with Gasteiger partial charge in [0.1, 0.15) is 0 Å². The molecule has 23 heavy (non-hydrogen) atoms. The van der Waals surface area contributed by atoms with E-state index in [0.29, 0.717) is 24.3 Å². The number of aromatic nitrogens is 1. The number of rotatable bonds is 2. The lowest BCUT2D eigenvalue weighted by Crippen LogP contribution is -2.48. The van der Waals surface area contributed by atoms with E-state index < -0.39 is 0 Å². The van der Waals surface area contributed by atoms with Gasteiger partial charge in [0, 0.05) is 56.1 Å². The molecule has 2 heterocycles. The summed E-state index contributed by atoms with van der Waals surface area (Å²) in [5, 5.41) is 1.43. The van der Waals surface area contributed by atoms with Gasteiger partial charge >= 0.3 is 0 Å². The Morgan fingerprint density at radius 1 is 1.39 bits per heavy atom. The molecule has 4 nitrogen and oxygen atoms in total. The minimum atomic E-state index is 0.248. The lowest BCUT2D eigenvalue weighted by atomic mass is 9.72. The van der Waals surface area contributed by atoms with E-state index in [1.807, 2.05) is 14.1 Å². The number of hydrogen-bond donors (Lipinski definition) is 1. The molecule has 3 atom stereocenters. The summed E-state index contributed by atoms with van der Waals surface area (Å²) in [5.74, 6) is 1.24. The number of amides is 1. The number of piperidine rings is 1. The van der Waals surface area contributed by atoms with E-state index in [4.69, 9.17) is 0 Å². The fourth-order valence-corrected chi connectivity index (χ4v) is 4.63. The van der Waals surface area contributed by atoms with Crippen LogP contribution in [0.25, 0.3) is 10.9 Å². The first-order valence-corrected chi connectivity index (χ1v) is 8.54. The molecule has 1 saturated heterocycles. The lowest BCUT2D eigenvalue weighted by molar-refractivity contribution is -0.130. The zero-order chi connectivity index (χ0) is 16.1. The quantitative estimate of drug-likeness (QED) is 0.926. The Labute approximate surface area is 137 Å². The van der Waals surface area contributed by atoms with E-state index in [0.717, 1.165) is 19.4 Å². The van der Waals surface area contributed by atoms with E-state index >= 15 is 0 Å². The standard InChI is InChI=1S/C19H25N3O/c1-21(2)18(23)8-12-7-15-14-5-4-6-16-19(14)13(10-20-16)9-17(15)22(3)11-12/h4-6,10,12,15,17,20H,7-9,11H2,1-3H3/t12?,15-,17-/m0/s1. The maximum absolute atomic E-state index is 12.1. The Balaban J connectivity index is 1.67. The van der Waals surface area contributed by atoms with Crippen molar-refractivity contribution in [2.45, 2.75) is 31.2 Å². The Kier molecular flexibility index (Phi) is 3.45. The lowest BCUT2D eigenvalue weighted by Gasteiger charge is -2.45. The van der Waals surface area contributed by atoms with Gasteiger partial charge in [0.05, 0.1) is 0 Å². The molecule has 0 bridgehead atoms. The van der Waals surface area contributed by atoms with Crippen molar-refractivity contribution in [2.24, 2.45) is 5.92 Å². The Hall–Kier alpha value is -1.81. The second kappa shape index (κ2) is 5.38. The summed E-state index contributed by atoms with van der Waals surface area (Å²) in [6.45, 7) is 1.02. The number of fused-ring (bicyclic) bond motifs is 2. The monoisotopic (exact) mass is 311 g/mol. The maximum atomic E-state index is 12.1. The van der Waals surface area contributed by atoms with Gasteiger partial charge in [-0.15, -0.1) is 0 Å². The van der Waals surface area contributed by atoms with E-state index in [2.05, 4.69) is 41.3 Å². The minimum Gasteiger partial charge on any atom is -0.361 e. The topological polar surface area (TPSA) is 39.3 Å². The first-order chi connectivity index (χ1) is 11.0. The zero-order valence-electron chi connectivity index (χ0n) is 14.2. The minimum absolute atomic E-state index is 0.248. The number of likely N-dealkylation sites (tertiary alicyclic amines) is 1. The molecule has 1 aliphatic heterocycles. The van der Waals surface area contributed by atoms with Gasteiger partial charge in [-0.1, -0.05) is 12.1 Å². The smallest absolute Gasteiger partial charge is 0.222 e. The number of benzene rings is 1. The fourth-order valence-electron chi connectivity index (χ4n) is 4.63. The van der Waals surface area contributed by atoms with Crippen LogP contribution in [0.5, 0.6) is 0 Å². The van der Waals surface area contributed by atoms with Crippen molar-refractivity contribution in [1.82, 2.24) is 14.8 Å². The van der Waals surface area contributed by atoms with E-state index in [1.165, 1.54) is 22.0 Å². The molecular formula is C19H25N3O. The molecule has 1 aromatic heterocycles. The van der Waals surface area contributed by atoms with Crippen molar-refractivity contribution < 1.29 is 4.79 Å². The second-order valence-electron chi connectivity index (χ2n) is 7.50. The van der Waals surface area contributed by atoms with Crippen LogP contribution in [-0.4, -0.2) is 54.4 Å². The van der Waals surface area contributed by atoms with Crippen molar-refractivity contribution in [3.63, 3.8) is 0 Å². The number of nitrogens with zero attached hydrogens (tertiary/aromatic N) is 2. The van der Waals surface area contributed by atoms with E-state index in [-0.39, 0.29) is 5.91 Å². The molecular weight excluding hydrogens is 286 g/mol. The summed E-state index contributed by atoms with van der Waals surface area (Å²) in [5.41, 5.74) is 4.18. The molecule has 2 aromatic rings. The molecule has 4 heteroatoms. The molecule has 1 unspecified atom stereocenters. The zero-order valence-corrected chi connectivity index (χ0v) is 14.2. The SMILES string of the molecule is CN(C)C(=O)CC1C[C@H]2c3cccc4[nH]cc(c34)C[C@@H]2N(C)C1. The van der Waals surface area contributed by atoms with Gasteiger partial charge < -0.3 is 14.8 Å². The maximum Gasteiger partial charge on any atom is 0.222 e. The third-order valence-electron chi connectivity index (χ3n) is 5.77. The third kappa shape index (κ3) is 2.36. The van der Waals surface area contributed by atoms with Gasteiger partial charge in [-0.3, -0.25) is 4.79 Å². The average molecular weight is 311 g/mol. The highest BCUT2D eigenvalue weighted by atomic mass is 16.2. The molecule has 122 valence electrons. The van der Waals surface area contributed by atoms with E-state index in [1.54, 1.807) is 4.90 Å². The van der Waals surface area contributed by atoms with Gasteiger partial charge in [0.2, 0.25) is 5.91 Å². The van der Waals surface area contributed by atoms with E-state index in [9.17, 15) is 4.79 Å². The largest absolute Gasteiger partial charge is 0.361 e. The summed E-state index contributed by atoms with van der Waals surface area (Å²) < 4.78 is 0.